The largest absolute Gasteiger partial charge is 0.494 e. The van der Waals surface area contributed by atoms with Crippen molar-refractivity contribution in [3.63, 3.8) is 0 Å². The van der Waals surface area contributed by atoms with Crippen molar-refractivity contribution in [2.45, 2.75) is 12.8 Å². The third kappa shape index (κ3) is 6.95. The van der Waals surface area contributed by atoms with E-state index in [-0.39, 0.29) is 11.8 Å². The van der Waals surface area contributed by atoms with E-state index in [1.807, 2.05) is 36.4 Å². The minimum absolute atomic E-state index is 0.197. The van der Waals surface area contributed by atoms with E-state index in [1.54, 1.807) is 12.1 Å². The number of rotatable bonds is 10. The molecule has 2 amide bonds. The summed E-state index contributed by atoms with van der Waals surface area (Å²) in [5, 5.41) is 9.92. The molecule has 0 aliphatic heterocycles. The standard InChI is InChI=1S/C22H25FN4O2/c23-18-8-10-19(11-9-18)29-16-4-3-13-25-22(28)26-15-14-24-21-12-7-17-5-1-2-6-20(17)27-21/h1-2,5-12H,3-4,13-16H2,(H,24,27)(H2,25,26,28). The molecule has 0 atom stereocenters. The Bertz CT molecular complexity index is 918. The molecule has 0 spiro atoms. The molecule has 0 bridgehead atoms. The van der Waals surface area contributed by atoms with Crippen molar-refractivity contribution in [2.75, 3.05) is 31.6 Å². The molecule has 29 heavy (non-hydrogen) atoms. The van der Waals surface area contributed by atoms with Gasteiger partial charge in [-0.3, -0.25) is 0 Å². The van der Waals surface area contributed by atoms with Gasteiger partial charge in [0.1, 0.15) is 17.4 Å². The molecule has 0 unspecified atom stereocenters. The zero-order valence-corrected chi connectivity index (χ0v) is 16.2. The molecule has 0 saturated heterocycles. The first-order chi connectivity index (χ1) is 14.2. The highest BCUT2D eigenvalue weighted by molar-refractivity contribution is 5.80. The second-order valence-corrected chi connectivity index (χ2v) is 6.51. The number of para-hydroxylation sites is 1. The van der Waals surface area contributed by atoms with Gasteiger partial charge in [-0.05, 0) is 55.3 Å². The van der Waals surface area contributed by atoms with Gasteiger partial charge in [0.05, 0.1) is 12.1 Å². The molecule has 3 rings (SSSR count). The molecule has 7 heteroatoms. The Kier molecular flexibility index (Phi) is 7.63. The fraction of sp³-hybridized carbons (Fsp3) is 0.273. The molecule has 0 radical (unpaired) electrons. The normalized spacial score (nSPS) is 10.5. The number of hydrogen-bond acceptors (Lipinski definition) is 4. The van der Waals surface area contributed by atoms with Gasteiger partial charge in [-0.1, -0.05) is 18.2 Å². The summed E-state index contributed by atoms with van der Waals surface area (Å²) in [5.41, 5.74) is 0.937. The highest BCUT2D eigenvalue weighted by Gasteiger charge is 2.01. The van der Waals surface area contributed by atoms with E-state index in [1.165, 1.54) is 12.1 Å². The van der Waals surface area contributed by atoms with Crippen molar-refractivity contribution < 1.29 is 13.9 Å². The lowest BCUT2D eigenvalue weighted by Crippen LogP contribution is -2.38. The Morgan fingerprint density at radius 2 is 1.69 bits per heavy atom. The number of carbonyl (C=O) groups is 1. The van der Waals surface area contributed by atoms with Crippen LogP contribution < -0.4 is 20.7 Å². The van der Waals surface area contributed by atoms with Gasteiger partial charge in [0.2, 0.25) is 0 Å². The van der Waals surface area contributed by atoms with Crippen LogP contribution in [0.3, 0.4) is 0 Å². The molecular formula is C22H25FN4O2. The number of ether oxygens (including phenoxy) is 1. The molecule has 0 saturated carbocycles. The summed E-state index contributed by atoms with van der Waals surface area (Å²) in [4.78, 5) is 16.3. The number of fused-ring (bicyclic) bond motifs is 1. The van der Waals surface area contributed by atoms with Gasteiger partial charge < -0.3 is 20.7 Å². The maximum atomic E-state index is 12.8. The number of urea groups is 1. The average Bonchev–Trinajstić information content (AvgIpc) is 2.75. The summed E-state index contributed by atoms with van der Waals surface area (Å²) in [6.07, 6.45) is 1.60. The van der Waals surface area contributed by atoms with Crippen LogP contribution in [0, 0.1) is 5.82 Å². The summed E-state index contributed by atoms with van der Waals surface area (Å²) in [7, 11) is 0. The van der Waals surface area contributed by atoms with E-state index in [0.29, 0.717) is 32.0 Å². The molecule has 3 aromatic rings. The van der Waals surface area contributed by atoms with Crippen molar-refractivity contribution in [1.82, 2.24) is 15.6 Å². The van der Waals surface area contributed by atoms with Gasteiger partial charge in [-0.25, -0.2) is 14.2 Å². The Morgan fingerprint density at radius 3 is 2.55 bits per heavy atom. The number of benzene rings is 2. The first kappa shape index (κ1) is 20.4. The molecule has 0 aliphatic carbocycles. The fourth-order valence-corrected chi connectivity index (χ4v) is 2.74. The third-order valence-electron chi connectivity index (χ3n) is 4.25. The summed E-state index contributed by atoms with van der Waals surface area (Å²) >= 11 is 0. The molecule has 152 valence electrons. The summed E-state index contributed by atoms with van der Waals surface area (Å²) in [6, 6.07) is 17.6. The molecule has 6 nitrogen and oxygen atoms in total. The smallest absolute Gasteiger partial charge is 0.314 e. The van der Waals surface area contributed by atoms with E-state index in [0.717, 1.165) is 29.6 Å². The number of nitrogens with zero attached hydrogens (tertiary/aromatic N) is 1. The van der Waals surface area contributed by atoms with Gasteiger partial charge in [0, 0.05) is 25.0 Å². The zero-order chi connectivity index (χ0) is 20.3. The van der Waals surface area contributed by atoms with E-state index in [2.05, 4.69) is 20.9 Å². The lowest BCUT2D eigenvalue weighted by Gasteiger charge is -2.10. The highest BCUT2D eigenvalue weighted by atomic mass is 19.1. The summed E-state index contributed by atoms with van der Waals surface area (Å²) < 4.78 is 18.3. The molecular weight excluding hydrogens is 371 g/mol. The van der Waals surface area contributed by atoms with Crippen molar-refractivity contribution in [3.8, 4) is 5.75 Å². The zero-order valence-electron chi connectivity index (χ0n) is 16.2. The molecule has 3 N–H and O–H groups in total. The van der Waals surface area contributed by atoms with Crippen LogP contribution in [0.1, 0.15) is 12.8 Å². The Labute approximate surface area is 169 Å². The van der Waals surface area contributed by atoms with Crippen molar-refractivity contribution in [2.24, 2.45) is 0 Å². The topological polar surface area (TPSA) is 75.3 Å². The maximum absolute atomic E-state index is 12.8. The van der Waals surface area contributed by atoms with Crippen LogP contribution in [0.4, 0.5) is 15.0 Å². The van der Waals surface area contributed by atoms with E-state index < -0.39 is 0 Å². The number of carbonyl (C=O) groups excluding carboxylic acids is 1. The van der Waals surface area contributed by atoms with Gasteiger partial charge in [0.25, 0.3) is 0 Å². The second-order valence-electron chi connectivity index (χ2n) is 6.51. The van der Waals surface area contributed by atoms with Crippen molar-refractivity contribution in [1.29, 1.82) is 0 Å². The molecule has 0 aliphatic rings. The first-order valence-corrected chi connectivity index (χ1v) is 9.70. The summed E-state index contributed by atoms with van der Waals surface area (Å²) in [6.45, 7) is 2.17. The monoisotopic (exact) mass is 396 g/mol. The maximum Gasteiger partial charge on any atom is 0.314 e. The quantitative estimate of drug-likeness (QED) is 0.454. The predicted octanol–water partition coefficient (Wildman–Crippen LogP) is 3.94. The minimum Gasteiger partial charge on any atom is -0.494 e. The summed E-state index contributed by atoms with van der Waals surface area (Å²) in [5.74, 6) is 1.15. The number of amides is 2. The number of nitrogens with one attached hydrogen (secondary N) is 3. The molecule has 1 heterocycles. The van der Waals surface area contributed by atoms with Gasteiger partial charge >= 0.3 is 6.03 Å². The highest BCUT2D eigenvalue weighted by Crippen LogP contribution is 2.14. The van der Waals surface area contributed by atoms with Crippen LogP contribution in [-0.2, 0) is 0 Å². The number of aromatic nitrogens is 1. The van der Waals surface area contributed by atoms with Crippen LogP contribution in [0.5, 0.6) is 5.75 Å². The van der Waals surface area contributed by atoms with Gasteiger partial charge in [0.15, 0.2) is 0 Å². The predicted molar refractivity (Wildman–Crippen MR) is 113 cm³/mol. The van der Waals surface area contributed by atoms with Crippen molar-refractivity contribution in [3.05, 3.63) is 66.5 Å². The lowest BCUT2D eigenvalue weighted by molar-refractivity contribution is 0.240. The third-order valence-corrected chi connectivity index (χ3v) is 4.25. The van der Waals surface area contributed by atoms with E-state index >= 15 is 0 Å². The van der Waals surface area contributed by atoms with Crippen LogP contribution in [0.2, 0.25) is 0 Å². The van der Waals surface area contributed by atoms with Crippen LogP contribution in [-0.4, -0.2) is 37.3 Å². The average molecular weight is 396 g/mol. The minimum atomic E-state index is -0.281. The Balaban J connectivity index is 1.22. The SMILES string of the molecule is O=C(NCCCCOc1ccc(F)cc1)NCCNc1ccc2ccccc2n1. The number of anilines is 1. The lowest BCUT2D eigenvalue weighted by atomic mass is 10.2. The van der Waals surface area contributed by atoms with E-state index in [4.69, 9.17) is 4.74 Å². The second kappa shape index (κ2) is 10.8. The van der Waals surface area contributed by atoms with Crippen LogP contribution >= 0.6 is 0 Å². The number of unbranched alkanes of at least 4 members (excludes halogenated alkanes) is 1. The van der Waals surface area contributed by atoms with E-state index in [9.17, 15) is 9.18 Å². The van der Waals surface area contributed by atoms with Crippen LogP contribution in [0.25, 0.3) is 10.9 Å². The first-order valence-electron chi connectivity index (χ1n) is 9.70. The molecule has 0 fully saturated rings. The number of hydrogen-bond donors (Lipinski definition) is 3. The van der Waals surface area contributed by atoms with Gasteiger partial charge in [-0.15, -0.1) is 0 Å². The van der Waals surface area contributed by atoms with Crippen molar-refractivity contribution >= 4 is 22.8 Å². The Hall–Kier alpha value is -3.35. The molecule has 2 aromatic carbocycles. The molecule has 1 aromatic heterocycles. The Morgan fingerprint density at radius 1 is 0.897 bits per heavy atom. The van der Waals surface area contributed by atoms with Crippen LogP contribution in [0.15, 0.2) is 60.7 Å². The fourth-order valence-electron chi connectivity index (χ4n) is 2.74. The number of halogens is 1. The number of pyridine rings is 1. The van der Waals surface area contributed by atoms with Gasteiger partial charge in [-0.2, -0.15) is 0 Å².